The van der Waals surface area contributed by atoms with Crippen LogP contribution >= 0.6 is 0 Å². The molecule has 0 aliphatic heterocycles. The number of carboxylic acid groups (broad SMARTS) is 1. The van der Waals surface area contributed by atoms with Gasteiger partial charge in [0.2, 0.25) is 0 Å². The lowest BCUT2D eigenvalue weighted by Crippen LogP contribution is -2.16. The molecule has 2 aromatic carbocycles. The third kappa shape index (κ3) is 3.22. The summed E-state index contributed by atoms with van der Waals surface area (Å²) < 4.78 is 52.9. The summed E-state index contributed by atoms with van der Waals surface area (Å²) in [6.45, 7) is 1.47. The van der Waals surface area contributed by atoms with Crippen molar-refractivity contribution in [3.8, 4) is 0 Å². The van der Waals surface area contributed by atoms with Gasteiger partial charge in [-0.2, -0.15) is 0 Å². The number of hydrogen-bond acceptors (Lipinski definition) is 3. The molecule has 2 rings (SSSR count). The second kappa shape index (κ2) is 5.72. The van der Waals surface area contributed by atoms with Gasteiger partial charge in [0.15, 0.2) is 0 Å². The number of nitrogens with one attached hydrogen (secondary N) is 1. The van der Waals surface area contributed by atoms with Crippen LogP contribution in [0.2, 0.25) is 0 Å². The van der Waals surface area contributed by atoms with Crippen LogP contribution < -0.4 is 4.72 Å². The Morgan fingerprint density at radius 3 is 2.41 bits per heavy atom. The highest BCUT2D eigenvalue weighted by Crippen LogP contribution is 2.22. The maximum Gasteiger partial charge on any atom is 0.337 e. The van der Waals surface area contributed by atoms with Crippen molar-refractivity contribution in [1.29, 1.82) is 0 Å². The molecular formula is C14H11F2NO4S. The molecule has 0 fully saturated rings. The van der Waals surface area contributed by atoms with Crippen molar-refractivity contribution < 1.29 is 27.1 Å². The number of hydrogen-bond donors (Lipinski definition) is 2. The van der Waals surface area contributed by atoms with Gasteiger partial charge in [-0.05, 0) is 42.8 Å². The minimum absolute atomic E-state index is 0.270. The average molecular weight is 327 g/mol. The first-order valence-electron chi connectivity index (χ1n) is 6.02. The second-order valence-corrected chi connectivity index (χ2v) is 6.19. The van der Waals surface area contributed by atoms with Crippen molar-refractivity contribution in [2.24, 2.45) is 0 Å². The third-order valence-electron chi connectivity index (χ3n) is 2.91. The van der Waals surface area contributed by atoms with Gasteiger partial charge >= 0.3 is 5.97 Å². The van der Waals surface area contributed by atoms with Gasteiger partial charge in [0.1, 0.15) is 11.6 Å². The van der Waals surface area contributed by atoms with Crippen LogP contribution in [0.4, 0.5) is 14.5 Å². The Labute approximate surface area is 125 Å². The molecule has 0 bridgehead atoms. The predicted octanol–water partition coefficient (Wildman–Crippen LogP) is 2.77. The number of carboxylic acids is 1. The van der Waals surface area contributed by atoms with Gasteiger partial charge < -0.3 is 5.11 Å². The Bertz CT molecular complexity index is 850. The fraction of sp³-hybridized carbons (Fsp3) is 0.0714. The number of rotatable bonds is 4. The van der Waals surface area contributed by atoms with E-state index in [-0.39, 0.29) is 16.1 Å². The standard InChI is InChI=1S/C14H11F2NO4S/c1-8-2-4-10(7-12(8)16)22(20,21)17-13-5-3-9(15)6-11(13)14(18)19/h2-7,17H,1H3,(H,18,19). The van der Waals surface area contributed by atoms with Gasteiger partial charge in [-0.3, -0.25) is 4.72 Å². The summed E-state index contributed by atoms with van der Waals surface area (Å²) in [6, 6.07) is 5.88. The zero-order valence-electron chi connectivity index (χ0n) is 11.3. The van der Waals surface area contributed by atoms with Crippen LogP contribution in [-0.2, 0) is 10.0 Å². The normalized spacial score (nSPS) is 11.2. The van der Waals surface area contributed by atoms with Crippen LogP contribution in [0.3, 0.4) is 0 Å². The summed E-state index contributed by atoms with van der Waals surface area (Å²) in [4.78, 5) is 10.7. The van der Waals surface area contributed by atoms with E-state index in [4.69, 9.17) is 5.11 Å². The first-order valence-corrected chi connectivity index (χ1v) is 7.51. The van der Waals surface area contributed by atoms with Crippen LogP contribution in [0.1, 0.15) is 15.9 Å². The molecular weight excluding hydrogens is 316 g/mol. The number of carbonyl (C=O) groups is 1. The SMILES string of the molecule is Cc1ccc(S(=O)(=O)Nc2ccc(F)cc2C(=O)O)cc1F. The molecule has 116 valence electrons. The summed E-state index contributed by atoms with van der Waals surface area (Å²) >= 11 is 0. The Balaban J connectivity index is 2.45. The van der Waals surface area contributed by atoms with Crippen molar-refractivity contribution in [2.75, 3.05) is 4.72 Å². The number of sulfonamides is 1. The van der Waals surface area contributed by atoms with E-state index in [1.807, 2.05) is 4.72 Å². The quantitative estimate of drug-likeness (QED) is 0.904. The molecule has 0 spiro atoms. The van der Waals surface area contributed by atoms with E-state index in [0.717, 1.165) is 18.2 Å². The van der Waals surface area contributed by atoms with Gasteiger partial charge in [0.05, 0.1) is 16.1 Å². The second-order valence-electron chi connectivity index (χ2n) is 4.51. The van der Waals surface area contributed by atoms with E-state index in [1.54, 1.807) is 0 Å². The van der Waals surface area contributed by atoms with Crippen molar-refractivity contribution >= 4 is 21.7 Å². The van der Waals surface area contributed by atoms with E-state index in [1.165, 1.54) is 19.1 Å². The number of anilines is 1. The van der Waals surface area contributed by atoms with Crippen LogP contribution in [0.25, 0.3) is 0 Å². The van der Waals surface area contributed by atoms with Crippen molar-refractivity contribution in [3.05, 3.63) is 59.2 Å². The van der Waals surface area contributed by atoms with E-state index < -0.39 is 33.2 Å². The van der Waals surface area contributed by atoms with Gasteiger partial charge in [0.25, 0.3) is 10.0 Å². The van der Waals surface area contributed by atoms with Crippen LogP contribution in [0.15, 0.2) is 41.3 Å². The Morgan fingerprint density at radius 2 is 1.82 bits per heavy atom. The van der Waals surface area contributed by atoms with Crippen molar-refractivity contribution in [1.82, 2.24) is 0 Å². The molecule has 0 unspecified atom stereocenters. The summed E-state index contributed by atoms with van der Waals surface area (Å²) in [6.07, 6.45) is 0. The molecule has 5 nitrogen and oxygen atoms in total. The topological polar surface area (TPSA) is 83.5 Å². The number of halogens is 2. The Kier molecular flexibility index (Phi) is 4.14. The zero-order chi connectivity index (χ0) is 16.5. The van der Waals surface area contributed by atoms with E-state index in [2.05, 4.69) is 0 Å². The first kappa shape index (κ1) is 15.9. The molecule has 0 aliphatic carbocycles. The summed E-state index contributed by atoms with van der Waals surface area (Å²) in [5.41, 5.74) is -0.585. The average Bonchev–Trinajstić information content (AvgIpc) is 2.43. The molecule has 0 saturated heterocycles. The lowest BCUT2D eigenvalue weighted by Gasteiger charge is -2.11. The fourth-order valence-corrected chi connectivity index (χ4v) is 2.82. The summed E-state index contributed by atoms with van der Waals surface area (Å²) in [5.74, 6) is -3.02. The molecule has 0 atom stereocenters. The first-order chi connectivity index (χ1) is 10.2. The summed E-state index contributed by atoms with van der Waals surface area (Å²) in [7, 11) is -4.20. The molecule has 2 aromatic rings. The van der Waals surface area contributed by atoms with E-state index in [9.17, 15) is 22.0 Å². The number of aryl methyl sites for hydroxylation is 1. The lowest BCUT2D eigenvalue weighted by molar-refractivity contribution is 0.0697. The molecule has 0 aliphatic rings. The van der Waals surface area contributed by atoms with Crippen molar-refractivity contribution in [3.63, 3.8) is 0 Å². The monoisotopic (exact) mass is 327 g/mol. The highest BCUT2D eigenvalue weighted by atomic mass is 32.2. The number of aromatic carboxylic acids is 1. The minimum Gasteiger partial charge on any atom is -0.478 e. The molecule has 0 aromatic heterocycles. The molecule has 0 amide bonds. The minimum atomic E-state index is -4.20. The van der Waals surface area contributed by atoms with E-state index in [0.29, 0.717) is 6.07 Å². The molecule has 0 heterocycles. The highest BCUT2D eigenvalue weighted by molar-refractivity contribution is 7.92. The molecule has 0 saturated carbocycles. The van der Waals surface area contributed by atoms with Gasteiger partial charge in [-0.25, -0.2) is 22.0 Å². The smallest absolute Gasteiger partial charge is 0.337 e. The fourth-order valence-electron chi connectivity index (χ4n) is 1.73. The van der Waals surface area contributed by atoms with E-state index >= 15 is 0 Å². The van der Waals surface area contributed by atoms with Crippen molar-refractivity contribution in [2.45, 2.75) is 11.8 Å². The van der Waals surface area contributed by atoms with Crippen LogP contribution in [0, 0.1) is 18.6 Å². The maximum absolute atomic E-state index is 13.5. The largest absolute Gasteiger partial charge is 0.478 e. The molecule has 0 radical (unpaired) electrons. The molecule has 8 heteroatoms. The predicted molar refractivity (Wildman–Crippen MR) is 75.3 cm³/mol. The molecule has 22 heavy (non-hydrogen) atoms. The zero-order valence-corrected chi connectivity index (χ0v) is 12.1. The lowest BCUT2D eigenvalue weighted by atomic mass is 10.2. The number of benzene rings is 2. The molecule has 2 N–H and O–H groups in total. The van der Waals surface area contributed by atoms with Gasteiger partial charge in [0, 0.05) is 0 Å². The van der Waals surface area contributed by atoms with Gasteiger partial charge in [-0.15, -0.1) is 0 Å². The maximum atomic E-state index is 13.5. The highest BCUT2D eigenvalue weighted by Gasteiger charge is 2.20. The Morgan fingerprint density at radius 1 is 1.14 bits per heavy atom. The summed E-state index contributed by atoms with van der Waals surface area (Å²) in [5, 5.41) is 8.98. The van der Waals surface area contributed by atoms with Crippen LogP contribution in [-0.4, -0.2) is 19.5 Å². The third-order valence-corrected chi connectivity index (χ3v) is 4.27. The Hall–Kier alpha value is -2.48. The van der Waals surface area contributed by atoms with Gasteiger partial charge in [-0.1, -0.05) is 6.07 Å². The van der Waals surface area contributed by atoms with Crippen LogP contribution in [0.5, 0.6) is 0 Å².